The summed E-state index contributed by atoms with van der Waals surface area (Å²) >= 11 is 0. The van der Waals surface area contributed by atoms with Crippen molar-refractivity contribution >= 4 is 5.70 Å². The van der Waals surface area contributed by atoms with Gasteiger partial charge in [0.2, 0.25) is 0 Å². The summed E-state index contributed by atoms with van der Waals surface area (Å²) in [5.74, 6) is 0. The summed E-state index contributed by atoms with van der Waals surface area (Å²) in [5, 5.41) is 0.711. The fourth-order valence-electron chi connectivity index (χ4n) is 1.50. The molecule has 0 radical (unpaired) electrons. The standard InChI is InChI=1S/C10H10FN.C2H6/c1-8-10-5-3-2-4-9(10)6-7-12(8)11;1-2/h2-5H,1,6-7H2;1-2H3. The molecule has 1 aromatic carbocycles. The minimum absolute atomic E-state index is 0.426. The molecule has 0 atom stereocenters. The second kappa shape index (κ2) is 4.80. The van der Waals surface area contributed by atoms with Gasteiger partial charge in [-0.05, 0) is 12.0 Å². The molecule has 76 valence electrons. The van der Waals surface area contributed by atoms with Gasteiger partial charge in [-0.15, -0.1) is 0 Å². The molecule has 0 spiro atoms. The molecule has 1 aromatic rings. The van der Waals surface area contributed by atoms with E-state index in [0.717, 1.165) is 12.0 Å². The molecule has 1 heterocycles. The number of benzene rings is 1. The smallest absolute Gasteiger partial charge is 0.0691 e. The van der Waals surface area contributed by atoms with E-state index in [1.165, 1.54) is 5.56 Å². The van der Waals surface area contributed by atoms with Crippen LogP contribution in [0, 0.1) is 0 Å². The lowest BCUT2D eigenvalue weighted by molar-refractivity contribution is 0.103. The molecule has 2 heteroatoms. The maximum Gasteiger partial charge on any atom is 0.0691 e. The maximum absolute atomic E-state index is 13.0. The Morgan fingerprint density at radius 1 is 1.29 bits per heavy atom. The third kappa shape index (κ3) is 1.95. The van der Waals surface area contributed by atoms with Gasteiger partial charge in [-0.1, -0.05) is 49.2 Å². The zero-order chi connectivity index (χ0) is 10.6. The molecule has 0 unspecified atom stereocenters. The fourth-order valence-corrected chi connectivity index (χ4v) is 1.50. The van der Waals surface area contributed by atoms with Crippen molar-refractivity contribution in [2.24, 2.45) is 0 Å². The van der Waals surface area contributed by atoms with Crippen molar-refractivity contribution in [3.05, 3.63) is 42.0 Å². The van der Waals surface area contributed by atoms with Crippen LogP contribution in [0.15, 0.2) is 30.8 Å². The van der Waals surface area contributed by atoms with Crippen LogP contribution in [0.2, 0.25) is 0 Å². The minimum Gasteiger partial charge on any atom is -0.211 e. The largest absolute Gasteiger partial charge is 0.211 e. The number of hydrogen-bond acceptors (Lipinski definition) is 1. The predicted octanol–water partition coefficient (Wildman–Crippen LogP) is 3.43. The molecule has 0 bridgehead atoms. The van der Waals surface area contributed by atoms with Crippen LogP contribution in [-0.2, 0) is 6.42 Å². The molecular formula is C12H16FN. The van der Waals surface area contributed by atoms with Gasteiger partial charge in [0, 0.05) is 5.56 Å². The van der Waals surface area contributed by atoms with Crippen LogP contribution < -0.4 is 0 Å². The van der Waals surface area contributed by atoms with Gasteiger partial charge in [0.25, 0.3) is 0 Å². The lowest BCUT2D eigenvalue weighted by Crippen LogP contribution is -2.21. The van der Waals surface area contributed by atoms with Gasteiger partial charge in [0.15, 0.2) is 0 Å². The molecule has 0 saturated carbocycles. The average molecular weight is 193 g/mol. The average Bonchev–Trinajstić information content (AvgIpc) is 2.27. The Bertz CT molecular complexity index is 320. The van der Waals surface area contributed by atoms with Gasteiger partial charge >= 0.3 is 0 Å². The monoisotopic (exact) mass is 193 g/mol. The van der Waals surface area contributed by atoms with Crippen LogP contribution in [0.5, 0.6) is 0 Å². The van der Waals surface area contributed by atoms with E-state index in [4.69, 9.17) is 0 Å². The first-order valence-corrected chi connectivity index (χ1v) is 4.99. The van der Waals surface area contributed by atoms with Gasteiger partial charge in [0.1, 0.15) is 0 Å². The minimum atomic E-state index is 0.426. The topological polar surface area (TPSA) is 3.24 Å². The van der Waals surface area contributed by atoms with Crippen LogP contribution in [0.4, 0.5) is 4.48 Å². The number of rotatable bonds is 0. The number of fused-ring (bicyclic) bond motifs is 1. The van der Waals surface area contributed by atoms with Gasteiger partial charge in [-0.2, -0.15) is 0 Å². The van der Waals surface area contributed by atoms with E-state index >= 15 is 0 Å². The van der Waals surface area contributed by atoms with Gasteiger partial charge < -0.3 is 0 Å². The van der Waals surface area contributed by atoms with Crippen LogP contribution in [0.1, 0.15) is 25.0 Å². The Morgan fingerprint density at radius 3 is 2.64 bits per heavy atom. The molecule has 14 heavy (non-hydrogen) atoms. The van der Waals surface area contributed by atoms with Crippen molar-refractivity contribution in [2.75, 3.05) is 6.54 Å². The molecule has 0 aromatic heterocycles. The third-order valence-corrected chi connectivity index (χ3v) is 2.20. The zero-order valence-corrected chi connectivity index (χ0v) is 8.76. The molecule has 1 aliphatic heterocycles. The van der Waals surface area contributed by atoms with Gasteiger partial charge in [-0.25, -0.2) is 5.12 Å². The summed E-state index contributed by atoms with van der Waals surface area (Å²) < 4.78 is 13.0. The first-order valence-electron chi connectivity index (χ1n) is 4.99. The Morgan fingerprint density at radius 2 is 1.93 bits per heavy atom. The van der Waals surface area contributed by atoms with Crippen LogP contribution >= 0.6 is 0 Å². The van der Waals surface area contributed by atoms with Crippen LogP contribution in [0.3, 0.4) is 0 Å². The quantitative estimate of drug-likeness (QED) is 0.570. The lowest BCUT2D eigenvalue weighted by atomic mass is 9.99. The van der Waals surface area contributed by atoms with Gasteiger partial charge in [0.05, 0.1) is 12.2 Å². The summed E-state index contributed by atoms with van der Waals surface area (Å²) in [6, 6.07) is 7.81. The van der Waals surface area contributed by atoms with Crippen LogP contribution in [-0.4, -0.2) is 11.7 Å². The third-order valence-electron chi connectivity index (χ3n) is 2.20. The van der Waals surface area contributed by atoms with Crippen molar-refractivity contribution in [3.8, 4) is 0 Å². The molecule has 0 aliphatic carbocycles. The normalized spacial score (nSPS) is 14.2. The maximum atomic E-state index is 13.0. The lowest BCUT2D eigenvalue weighted by Gasteiger charge is -2.24. The summed E-state index contributed by atoms with van der Waals surface area (Å²) in [4.78, 5) is 0. The summed E-state index contributed by atoms with van der Waals surface area (Å²) in [7, 11) is 0. The van der Waals surface area contributed by atoms with E-state index in [2.05, 4.69) is 6.58 Å². The van der Waals surface area contributed by atoms with E-state index in [9.17, 15) is 4.48 Å². The molecule has 1 aliphatic rings. The molecule has 0 amide bonds. The first-order chi connectivity index (χ1) is 6.79. The van der Waals surface area contributed by atoms with E-state index in [-0.39, 0.29) is 0 Å². The van der Waals surface area contributed by atoms with E-state index in [1.54, 1.807) is 0 Å². The number of halogens is 1. The molecular weight excluding hydrogens is 177 g/mol. The Balaban J connectivity index is 0.000000461. The molecule has 0 fully saturated rings. The molecule has 0 N–H and O–H groups in total. The molecule has 2 rings (SSSR count). The van der Waals surface area contributed by atoms with Crippen molar-refractivity contribution < 1.29 is 4.48 Å². The van der Waals surface area contributed by atoms with Crippen molar-refractivity contribution in [1.82, 2.24) is 5.12 Å². The second-order valence-corrected chi connectivity index (χ2v) is 2.94. The van der Waals surface area contributed by atoms with E-state index in [1.807, 2.05) is 38.1 Å². The molecule has 1 nitrogen and oxygen atoms in total. The van der Waals surface area contributed by atoms with E-state index < -0.39 is 0 Å². The summed E-state index contributed by atoms with van der Waals surface area (Å²) in [6.07, 6.45) is 0.770. The fraction of sp³-hybridized carbons (Fsp3) is 0.333. The highest BCUT2D eigenvalue weighted by Crippen LogP contribution is 2.26. The highest BCUT2D eigenvalue weighted by Gasteiger charge is 2.17. The predicted molar refractivity (Wildman–Crippen MR) is 58.3 cm³/mol. The van der Waals surface area contributed by atoms with Gasteiger partial charge in [-0.3, -0.25) is 0 Å². The number of nitrogens with zero attached hydrogens (tertiary/aromatic N) is 1. The van der Waals surface area contributed by atoms with Crippen molar-refractivity contribution in [3.63, 3.8) is 0 Å². The number of hydrogen-bond donors (Lipinski definition) is 0. The zero-order valence-electron chi connectivity index (χ0n) is 8.76. The Kier molecular flexibility index (Phi) is 3.69. The highest BCUT2D eigenvalue weighted by atomic mass is 19.2. The molecule has 0 saturated heterocycles. The second-order valence-electron chi connectivity index (χ2n) is 2.94. The summed E-state index contributed by atoms with van der Waals surface area (Å²) in [5.41, 5.74) is 2.61. The van der Waals surface area contributed by atoms with E-state index in [0.29, 0.717) is 17.4 Å². The Labute approximate surface area is 84.8 Å². The SMILES string of the molecule is C=C1c2ccccc2CCN1F.CC. The Hall–Kier alpha value is -1.31. The van der Waals surface area contributed by atoms with Crippen molar-refractivity contribution in [1.29, 1.82) is 0 Å². The first kappa shape index (κ1) is 10.8. The highest BCUT2D eigenvalue weighted by molar-refractivity contribution is 5.65. The van der Waals surface area contributed by atoms with Crippen molar-refractivity contribution in [2.45, 2.75) is 20.3 Å². The summed E-state index contributed by atoms with van der Waals surface area (Å²) in [6.45, 7) is 8.11. The van der Waals surface area contributed by atoms with Crippen LogP contribution in [0.25, 0.3) is 5.70 Å².